The molecule has 0 radical (unpaired) electrons. The molecular formula is C11H17FN2O3S. The number of anilines is 1. The fourth-order valence-electron chi connectivity index (χ4n) is 1.62. The van der Waals surface area contributed by atoms with Crippen LogP contribution in [0, 0.1) is 5.82 Å². The molecule has 4 N–H and O–H groups in total. The summed E-state index contributed by atoms with van der Waals surface area (Å²) in [5, 5.41) is 9.16. The standard InChI is InChI=1S/C11H17FN2O3S/c1-7(5-8(2)15)14-18(16,17)11-4-3-9(13)6-10(11)12/h3-4,6-8,14-15H,5,13H2,1-2H3. The van der Waals surface area contributed by atoms with Crippen LogP contribution in [0.1, 0.15) is 20.3 Å². The van der Waals surface area contributed by atoms with Crippen LogP contribution in [0.4, 0.5) is 10.1 Å². The Kier molecular flexibility index (Phi) is 4.66. The third kappa shape index (κ3) is 3.94. The lowest BCUT2D eigenvalue weighted by molar-refractivity contribution is 0.175. The van der Waals surface area contributed by atoms with Gasteiger partial charge in [0.25, 0.3) is 0 Å². The van der Waals surface area contributed by atoms with Gasteiger partial charge in [-0.15, -0.1) is 0 Å². The summed E-state index contributed by atoms with van der Waals surface area (Å²) >= 11 is 0. The van der Waals surface area contributed by atoms with E-state index in [1.54, 1.807) is 13.8 Å². The second-order valence-corrected chi connectivity index (χ2v) is 5.98. The topological polar surface area (TPSA) is 92.4 Å². The van der Waals surface area contributed by atoms with E-state index in [4.69, 9.17) is 10.8 Å². The lowest BCUT2D eigenvalue weighted by Gasteiger charge is -2.16. The van der Waals surface area contributed by atoms with Crippen molar-refractivity contribution in [1.29, 1.82) is 0 Å². The minimum Gasteiger partial charge on any atom is -0.399 e. The second-order valence-electron chi connectivity index (χ2n) is 4.30. The van der Waals surface area contributed by atoms with Crippen LogP contribution in [0.5, 0.6) is 0 Å². The van der Waals surface area contributed by atoms with Gasteiger partial charge in [-0.25, -0.2) is 17.5 Å². The van der Waals surface area contributed by atoms with E-state index in [1.807, 2.05) is 0 Å². The zero-order valence-corrected chi connectivity index (χ0v) is 11.0. The molecule has 102 valence electrons. The van der Waals surface area contributed by atoms with Gasteiger partial charge >= 0.3 is 0 Å². The van der Waals surface area contributed by atoms with Crippen LogP contribution in [0.15, 0.2) is 23.1 Å². The zero-order chi connectivity index (χ0) is 13.9. The summed E-state index contributed by atoms with van der Waals surface area (Å²) in [6.07, 6.45) is -0.394. The molecule has 0 aromatic heterocycles. The van der Waals surface area contributed by atoms with E-state index < -0.39 is 32.9 Å². The minimum absolute atomic E-state index is 0.156. The van der Waals surface area contributed by atoms with Gasteiger partial charge in [-0.1, -0.05) is 0 Å². The van der Waals surface area contributed by atoms with Gasteiger partial charge in [-0.2, -0.15) is 0 Å². The number of halogens is 1. The van der Waals surface area contributed by atoms with E-state index in [-0.39, 0.29) is 12.1 Å². The highest BCUT2D eigenvalue weighted by molar-refractivity contribution is 7.89. The van der Waals surface area contributed by atoms with Gasteiger partial charge in [0.15, 0.2) is 0 Å². The quantitative estimate of drug-likeness (QED) is 0.695. The molecule has 0 amide bonds. The number of rotatable bonds is 5. The predicted octanol–water partition coefficient (Wildman–Crippen LogP) is 0.846. The van der Waals surface area contributed by atoms with Gasteiger partial charge in [0, 0.05) is 11.7 Å². The SMILES string of the molecule is CC(O)CC(C)NS(=O)(=O)c1ccc(N)cc1F. The van der Waals surface area contributed by atoms with Gasteiger partial charge in [0.05, 0.1) is 6.10 Å². The molecule has 0 aliphatic carbocycles. The maximum absolute atomic E-state index is 13.5. The Labute approximate surface area is 106 Å². The average Bonchev–Trinajstić information content (AvgIpc) is 2.13. The summed E-state index contributed by atoms with van der Waals surface area (Å²) in [6.45, 7) is 3.15. The molecule has 1 aromatic carbocycles. The predicted molar refractivity (Wildman–Crippen MR) is 66.9 cm³/mol. The average molecular weight is 276 g/mol. The Hall–Kier alpha value is -1.18. The summed E-state index contributed by atoms with van der Waals surface area (Å²) in [5.74, 6) is -0.897. The molecule has 5 nitrogen and oxygen atoms in total. The molecule has 0 fully saturated rings. The monoisotopic (exact) mass is 276 g/mol. The number of aliphatic hydroxyl groups is 1. The number of aliphatic hydroxyl groups excluding tert-OH is 1. The second kappa shape index (κ2) is 5.64. The number of benzene rings is 1. The Morgan fingerprint density at radius 1 is 1.44 bits per heavy atom. The van der Waals surface area contributed by atoms with Crippen molar-refractivity contribution in [2.24, 2.45) is 0 Å². The van der Waals surface area contributed by atoms with E-state index in [0.29, 0.717) is 0 Å². The van der Waals surface area contributed by atoms with Crippen molar-refractivity contribution >= 4 is 15.7 Å². The lowest BCUT2D eigenvalue weighted by Crippen LogP contribution is -2.35. The zero-order valence-electron chi connectivity index (χ0n) is 10.2. The van der Waals surface area contributed by atoms with E-state index in [2.05, 4.69) is 4.72 Å². The van der Waals surface area contributed by atoms with Gasteiger partial charge in [-0.05, 0) is 38.5 Å². The minimum atomic E-state index is -3.94. The highest BCUT2D eigenvalue weighted by Gasteiger charge is 2.21. The number of nitrogens with one attached hydrogen (secondary N) is 1. The largest absolute Gasteiger partial charge is 0.399 e. The first-order valence-corrected chi connectivity index (χ1v) is 6.96. The first kappa shape index (κ1) is 14.9. The van der Waals surface area contributed by atoms with Gasteiger partial charge in [0.2, 0.25) is 10.0 Å². The fraction of sp³-hybridized carbons (Fsp3) is 0.455. The van der Waals surface area contributed by atoms with Gasteiger partial charge in [-0.3, -0.25) is 0 Å². The molecule has 0 saturated carbocycles. The van der Waals surface area contributed by atoms with Crippen molar-refractivity contribution in [3.8, 4) is 0 Å². The van der Waals surface area contributed by atoms with E-state index in [1.165, 1.54) is 6.07 Å². The highest BCUT2D eigenvalue weighted by Crippen LogP contribution is 2.17. The van der Waals surface area contributed by atoms with E-state index in [0.717, 1.165) is 12.1 Å². The molecule has 0 heterocycles. The molecule has 2 unspecified atom stereocenters. The van der Waals surface area contributed by atoms with Crippen LogP contribution < -0.4 is 10.5 Å². The van der Waals surface area contributed by atoms with Crippen molar-refractivity contribution in [2.75, 3.05) is 5.73 Å². The number of sulfonamides is 1. The van der Waals surface area contributed by atoms with Crippen molar-refractivity contribution in [3.63, 3.8) is 0 Å². The fourth-order valence-corrected chi connectivity index (χ4v) is 2.94. The molecule has 0 aliphatic heterocycles. The molecular weight excluding hydrogens is 259 g/mol. The Morgan fingerprint density at radius 3 is 2.56 bits per heavy atom. The van der Waals surface area contributed by atoms with Crippen LogP contribution in [-0.2, 0) is 10.0 Å². The van der Waals surface area contributed by atoms with Crippen LogP contribution >= 0.6 is 0 Å². The van der Waals surface area contributed by atoms with Crippen molar-refractivity contribution in [3.05, 3.63) is 24.0 Å². The summed E-state index contributed by atoms with van der Waals surface area (Å²) in [6, 6.07) is 2.89. The Bertz CT molecular complexity index is 517. The summed E-state index contributed by atoms with van der Waals surface area (Å²) in [7, 11) is -3.94. The first-order valence-electron chi connectivity index (χ1n) is 5.48. The van der Waals surface area contributed by atoms with Gasteiger partial charge < -0.3 is 10.8 Å². The maximum Gasteiger partial charge on any atom is 0.243 e. The number of nitrogen functional groups attached to an aromatic ring is 1. The van der Waals surface area contributed by atoms with Crippen LogP contribution in [-0.4, -0.2) is 25.7 Å². The Balaban J connectivity index is 2.93. The highest BCUT2D eigenvalue weighted by atomic mass is 32.2. The summed E-state index contributed by atoms with van der Waals surface area (Å²) in [5.41, 5.74) is 5.51. The third-order valence-corrected chi connectivity index (χ3v) is 3.92. The molecule has 7 heteroatoms. The molecule has 2 atom stereocenters. The van der Waals surface area contributed by atoms with Crippen molar-refractivity contribution in [2.45, 2.75) is 37.3 Å². The van der Waals surface area contributed by atoms with Crippen molar-refractivity contribution < 1.29 is 17.9 Å². The first-order chi connectivity index (χ1) is 8.22. The van der Waals surface area contributed by atoms with E-state index in [9.17, 15) is 12.8 Å². The van der Waals surface area contributed by atoms with Crippen LogP contribution in [0.2, 0.25) is 0 Å². The number of hydrogen-bond acceptors (Lipinski definition) is 4. The normalized spacial score (nSPS) is 15.3. The summed E-state index contributed by atoms with van der Waals surface area (Å²) in [4.78, 5) is -0.450. The maximum atomic E-state index is 13.5. The van der Waals surface area contributed by atoms with Crippen molar-refractivity contribution in [1.82, 2.24) is 4.72 Å². The molecule has 1 aromatic rings. The smallest absolute Gasteiger partial charge is 0.243 e. The van der Waals surface area contributed by atoms with Gasteiger partial charge in [0.1, 0.15) is 10.7 Å². The number of nitrogens with two attached hydrogens (primary N) is 1. The van der Waals surface area contributed by atoms with Crippen LogP contribution in [0.25, 0.3) is 0 Å². The van der Waals surface area contributed by atoms with E-state index >= 15 is 0 Å². The molecule has 0 bridgehead atoms. The molecule has 1 rings (SSSR count). The molecule has 18 heavy (non-hydrogen) atoms. The van der Waals surface area contributed by atoms with Crippen LogP contribution in [0.3, 0.4) is 0 Å². The Morgan fingerprint density at radius 2 is 2.06 bits per heavy atom. The third-order valence-electron chi connectivity index (χ3n) is 2.30. The lowest BCUT2D eigenvalue weighted by atomic mass is 10.2. The number of hydrogen-bond donors (Lipinski definition) is 3. The summed E-state index contributed by atoms with van der Waals surface area (Å²) < 4.78 is 39.6. The molecule has 0 saturated heterocycles. The molecule has 0 aliphatic rings. The molecule has 0 spiro atoms.